The van der Waals surface area contributed by atoms with Gasteiger partial charge in [-0.2, -0.15) is 11.8 Å². The number of hydrogen-bond acceptors (Lipinski definition) is 4. The number of nitrogens with zero attached hydrogens (tertiary/aromatic N) is 2. The van der Waals surface area contributed by atoms with E-state index < -0.39 is 0 Å². The van der Waals surface area contributed by atoms with E-state index in [1.165, 1.54) is 29.7 Å². The molecule has 0 aliphatic carbocycles. The van der Waals surface area contributed by atoms with Gasteiger partial charge < -0.3 is 10.2 Å². The second kappa shape index (κ2) is 9.24. The monoisotopic (exact) mass is 295 g/mol. The molecule has 1 aromatic rings. The number of thioether (sulfide) groups is 1. The molecule has 0 aliphatic heterocycles. The summed E-state index contributed by atoms with van der Waals surface area (Å²) in [6.45, 7) is 8.59. The van der Waals surface area contributed by atoms with Gasteiger partial charge in [0, 0.05) is 25.8 Å². The van der Waals surface area contributed by atoms with Crippen molar-refractivity contribution in [3.05, 3.63) is 23.4 Å². The number of hydrogen-bond donors (Lipinski definition) is 1. The third-order valence-electron chi connectivity index (χ3n) is 3.60. The molecule has 114 valence electrons. The number of aromatic nitrogens is 1. The summed E-state index contributed by atoms with van der Waals surface area (Å²) in [6, 6.07) is 2.78. The number of aryl methyl sites for hydroxylation is 1. The predicted octanol–water partition coefficient (Wildman–Crippen LogP) is 3.47. The lowest BCUT2D eigenvalue weighted by atomic mass is 10.1. The highest BCUT2D eigenvalue weighted by Crippen LogP contribution is 2.20. The summed E-state index contributed by atoms with van der Waals surface area (Å²) < 4.78 is 0. The number of anilines is 1. The van der Waals surface area contributed by atoms with Crippen LogP contribution in [0.15, 0.2) is 12.3 Å². The Bertz CT molecular complexity index is 395. The van der Waals surface area contributed by atoms with Crippen LogP contribution in [0.1, 0.15) is 37.8 Å². The van der Waals surface area contributed by atoms with Crippen LogP contribution >= 0.6 is 11.8 Å². The highest BCUT2D eigenvalue weighted by atomic mass is 32.2. The molecular weight excluding hydrogens is 266 g/mol. The van der Waals surface area contributed by atoms with Crippen molar-refractivity contribution in [3.63, 3.8) is 0 Å². The van der Waals surface area contributed by atoms with Gasteiger partial charge in [-0.3, -0.25) is 0 Å². The van der Waals surface area contributed by atoms with Gasteiger partial charge in [0.05, 0.1) is 0 Å². The van der Waals surface area contributed by atoms with Crippen LogP contribution in [0.4, 0.5) is 5.82 Å². The number of rotatable bonds is 9. The van der Waals surface area contributed by atoms with Gasteiger partial charge in [0.25, 0.3) is 0 Å². The van der Waals surface area contributed by atoms with Gasteiger partial charge in [-0.15, -0.1) is 0 Å². The van der Waals surface area contributed by atoms with Gasteiger partial charge in [-0.25, -0.2) is 4.98 Å². The zero-order valence-corrected chi connectivity index (χ0v) is 14.4. The summed E-state index contributed by atoms with van der Waals surface area (Å²) in [5, 5.41) is 3.42. The first kappa shape index (κ1) is 17.3. The van der Waals surface area contributed by atoms with Crippen LogP contribution in [0.2, 0.25) is 0 Å². The van der Waals surface area contributed by atoms with Crippen LogP contribution in [-0.4, -0.2) is 36.6 Å². The van der Waals surface area contributed by atoms with Crippen molar-refractivity contribution in [2.45, 2.75) is 46.2 Å². The average molecular weight is 295 g/mol. The van der Waals surface area contributed by atoms with Crippen molar-refractivity contribution in [2.75, 3.05) is 30.5 Å². The maximum absolute atomic E-state index is 4.67. The van der Waals surface area contributed by atoms with E-state index in [4.69, 9.17) is 0 Å². The molecule has 0 saturated heterocycles. The lowest BCUT2D eigenvalue weighted by Gasteiger charge is -2.27. The SMILES string of the molecule is CCCNCc1cnc(N(C)C(C)CCSC)c(C)c1. The minimum absolute atomic E-state index is 0.526. The first-order valence-electron chi connectivity index (χ1n) is 7.48. The van der Waals surface area contributed by atoms with E-state index in [9.17, 15) is 0 Å². The molecule has 1 unspecified atom stereocenters. The Hall–Kier alpha value is -0.740. The fourth-order valence-corrected chi connectivity index (χ4v) is 2.77. The topological polar surface area (TPSA) is 28.2 Å². The highest BCUT2D eigenvalue weighted by molar-refractivity contribution is 7.98. The number of pyridine rings is 1. The van der Waals surface area contributed by atoms with Crippen LogP contribution < -0.4 is 10.2 Å². The Labute approximate surface area is 128 Å². The van der Waals surface area contributed by atoms with Crippen molar-refractivity contribution in [1.82, 2.24) is 10.3 Å². The molecular formula is C16H29N3S. The smallest absolute Gasteiger partial charge is 0.131 e. The standard InChI is InChI=1S/C16H29N3S/c1-6-8-17-11-15-10-13(2)16(18-12-15)19(4)14(3)7-9-20-5/h10,12,14,17H,6-9,11H2,1-5H3. The molecule has 1 aromatic heterocycles. The molecule has 0 fully saturated rings. The third kappa shape index (κ3) is 5.33. The summed E-state index contributed by atoms with van der Waals surface area (Å²) in [4.78, 5) is 6.97. The van der Waals surface area contributed by atoms with Crippen molar-refractivity contribution in [3.8, 4) is 0 Å². The maximum Gasteiger partial charge on any atom is 0.131 e. The largest absolute Gasteiger partial charge is 0.357 e. The van der Waals surface area contributed by atoms with E-state index in [1.807, 2.05) is 18.0 Å². The van der Waals surface area contributed by atoms with Crippen LogP contribution in [-0.2, 0) is 6.54 Å². The molecule has 1 N–H and O–H groups in total. The Morgan fingerprint density at radius 1 is 1.45 bits per heavy atom. The minimum atomic E-state index is 0.526. The minimum Gasteiger partial charge on any atom is -0.357 e. The van der Waals surface area contributed by atoms with Gasteiger partial charge in [0.1, 0.15) is 5.82 Å². The zero-order chi connectivity index (χ0) is 15.0. The van der Waals surface area contributed by atoms with E-state index in [2.05, 4.69) is 55.3 Å². The molecule has 0 radical (unpaired) electrons. The van der Waals surface area contributed by atoms with Crippen LogP contribution in [0.25, 0.3) is 0 Å². The van der Waals surface area contributed by atoms with E-state index in [1.54, 1.807) is 0 Å². The van der Waals surface area contributed by atoms with E-state index in [-0.39, 0.29) is 0 Å². The Morgan fingerprint density at radius 3 is 2.80 bits per heavy atom. The lowest BCUT2D eigenvalue weighted by Crippen LogP contribution is -2.30. The summed E-state index contributed by atoms with van der Waals surface area (Å²) in [7, 11) is 2.15. The molecule has 20 heavy (non-hydrogen) atoms. The summed E-state index contributed by atoms with van der Waals surface area (Å²) in [5.74, 6) is 2.31. The molecule has 3 nitrogen and oxygen atoms in total. The van der Waals surface area contributed by atoms with Gasteiger partial charge in [0.15, 0.2) is 0 Å². The first-order chi connectivity index (χ1) is 9.60. The maximum atomic E-state index is 4.67. The molecule has 0 aliphatic rings. The first-order valence-corrected chi connectivity index (χ1v) is 8.87. The van der Waals surface area contributed by atoms with E-state index >= 15 is 0 Å². The fraction of sp³-hybridized carbons (Fsp3) is 0.688. The fourth-order valence-electron chi connectivity index (χ4n) is 2.19. The molecule has 1 rings (SSSR count). The highest BCUT2D eigenvalue weighted by Gasteiger charge is 2.13. The molecule has 0 saturated carbocycles. The molecule has 1 heterocycles. The quantitative estimate of drug-likeness (QED) is 0.706. The van der Waals surface area contributed by atoms with E-state index in [0.717, 1.165) is 18.9 Å². The van der Waals surface area contributed by atoms with Crippen molar-refractivity contribution in [2.24, 2.45) is 0 Å². The molecule has 0 bridgehead atoms. The van der Waals surface area contributed by atoms with Crippen molar-refractivity contribution >= 4 is 17.6 Å². The van der Waals surface area contributed by atoms with Gasteiger partial charge in [-0.1, -0.05) is 6.92 Å². The summed E-state index contributed by atoms with van der Waals surface area (Å²) in [6.07, 6.45) is 6.52. The predicted molar refractivity (Wildman–Crippen MR) is 91.8 cm³/mol. The summed E-state index contributed by atoms with van der Waals surface area (Å²) >= 11 is 1.91. The Balaban J connectivity index is 2.66. The van der Waals surface area contributed by atoms with Crippen molar-refractivity contribution < 1.29 is 0 Å². The molecule has 4 heteroatoms. The summed E-state index contributed by atoms with van der Waals surface area (Å²) in [5.41, 5.74) is 2.53. The Kier molecular flexibility index (Phi) is 8.00. The van der Waals surface area contributed by atoms with Crippen LogP contribution in [0.3, 0.4) is 0 Å². The van der Waals surface area contributed by atoms with Gasteiger partial charge in [-0.05, 0) is 62.4 Å². The molecule has 1 atom stereocenters. The van der Waals surface area contributed by atoms with Gasteiger partial charge in [0.2, 0.25) is 0 Å². The average Bonchev–Trinajstić information content (AvgIpc) is 2.44. The third-order valence-corrected chi connectivity index (χ3v) is 4.24. The van der Waals surface area contributed by atoms with E-state index in [0.29, 0.717) is 6.04 Å². The van der Waals surface area contributed by atoms with Gasteiger partial charge >= 0.3 is 0 Å². The van der Waals surface area contributed by atoms with Crippen LogP contribution in [0.5, 0.6) is 0 Å². The normalized spacial score (nSPS) is 12.4. The second-order valence-electron chi connectivity index (χ2n) is 5.40. The number of nitrogens with one attached hydrogen (secondary N) is 1. The Morgan fingerprint density at radius 2 is 2.20 bits per heavy atom. The van der Waals surface area contributed by atoms with Crippen LogP contribution in [0, 0.1) is 6.92 Å². The lowest BCUT2D eigenvalue weighted by molar-refractivity contribution is 0.656. The molecule has 0 aromatic carbocycles. The molecule has 0 spiro atoms. The van der Waals surface area contributed by atoms with Crippen molar-refractivity contribution in [1.29, 1.82) is 0 Å². The molecule has 0 amide bonds. The second-order valence-corrected chi connectivity index (χ2v) is 6.39. The zero-order valence-electron chi connectivity index (χ0n) is 13.6.